The molecule has 2 N–H and O–H groups in total. The third-order valence-corrected chi connectivity index (χ3v) is 4.09. The van der Waals surface area contributed by atoms with E-state index in [0.717, 1.165) is 5.69 Å². The molecule has 1 aromatic rings. The van der Waals surface area contributed by atoms with Crippen molar-refractivity contribution in [1.29, 1.82) is 0 Å². The summed E-state index contributed by atoms with van der Waals surface area (Å²) in [5.74, 6) is -0.0813. The summed E-state index contributed by atoms with van der Waals surface area (Å²) in [5.41, 5.74) is 1.27. The van der Waals surface area contributed by atoms with Crippen molar-refractivity contribution in [1.82, 2.24) is 9.80 Å². The van der Waals surface area contributed by atoms with Gasteiger partial charge in [0.25, 0.3) is 5.91 Å². The molecule has 1 aliphatic rings. The SMILES string of the molecule is CCN(CC)C(=O)c1ccc(NC2CN(C(=O)O)C2)cc1Cl. The number of hydrogen-bond acceptors (Lipinski definition) is 3. The number of halogens is 1. The van der Waals surface area contributed by atoms with E-state index in [0.29, 0.717) is 36.8 Å². The molecule has 0 aliphatic carbocycles. The Morgan fingerprint density at radius 1 is 1.36 bits per heavy atom. The van der Waals surface area contributed by atoms with Crippen LogP contribution < -0.4 is 5.32 Å². The van der Waals surface area contributed by atoms with Gasteiger partial charge in [-0.05, 0) is 32.0 Å². The molecule has 0 unspecified atom stereocenters. The minimum Gasteiger partial charge on any atom is -0.465 e. The first-order valence-electron chi connectivity index (χ1n) is 7.29. The number of carbonyl (C=O) groups is 2. The van der Waals surface area contributed by atoms with Gasteiger partial charge in [0.15, 0.2) is 0 Å². The standard InChI is InChI=1S/C15H20ClN3O3/c1-3-18(4-2)14(20)12-6-5-10(7-13(12)16)17-11-8-19(9-11)15(21)22/h5-7,11,17H,3-4,8-9H2,1-2H3,(H,21,22). The topological polar surface area (TPSA) is 72.9 Å². The van der Waals surface area contributed by atoms with E-state index in [1.54, 1.807) is 23.1 Å². The third kappa shape index (κ3) is 3.44. The molecule has 7 heteroatoms. The molecule has 1 aliphatic heterocycles. The van der Waals surface area contributed by atoms with Gasteiger partial charge in [0.05, 0.1) is 16.6 Å². The quantitative estimate of drug-likeness (QED) is 0.872. The van der Waals surface area contributed by atoms with Gasteiger partial charge in [0, 0.05) is 31.9 Å². The summed E-state index contributed by atoms with van der Waals surface area (Å²) in [7, 11) is 0. The maximum Gasteiger partial charge on any atom is 0.407 e. The molecule has 1 fully saturated rings. The molecule has 0 atom stereocenters. The fraction of sp³-hybridized carbons (Fsp3) is 0.467. The maximum atomic E-state index is 12.3. The van der Waals surface area contributed by atoms with Crippen LogP contribution in [0.2, 0.25) is 5.02 Å². The number of nitrogens with zero attached hydrogens (tertiary/aromatic N) is 2. The molecule has 0 saturated carbocycles. The first-order chi connectivity index (χ1) is 10.5. The number of rotatable bonds is 5. The van der Waals surface area contributed by atoms with Crippen molar-refractivity contribution in [3.63, 3.8) is 0 Å². The summed E-state index contributed by atoms with van der Waals surface area (Å²) in [6.07, 6.45) is -0.906. The Balaban J connectivity index is 2.01. The van der Waals surface area contributed by atoms with Crippen LogP contribution in [-0.2, 0) is 0 Å². The van der Waals surface area contributed by atoms with E-state index in [1.165, 1.54) is 4.90 Å². The molecule has 6 nitrogen and oxygen atoms in total. The molecule has 0 radical (unpaired) electrons. The van der Waals surface area contributed by atoms with Crippen LogP contribution in [0, 0.1) is 0 Å². The number of carbonyl (C=O) groups excluding carboxylic acids is 1. The lowest BCUT2D eigenvalue weighted by atomic mass is 10.1. The predicted octanol–water partition coefficient (Wildman–Crippen LogP) is 2.60. The number of hydrogen-bond donors (Lipinski definition) is 2. The van der Waals surface area contributed by atoms with Crippen molar-refractivity contribution in [3.05, 3.63) is 28.8 Å². The lowest BCUT2D eigenvalue weighted by Crippen LogP contribution is -2.56. The minimum absolute atomic E-state index is 0.0801. The van der Waals surface area contributed by atoms with Gasteiger partial charge in [-0.3, -0.25) is 4.79 Å². The first-order valence-corrected chi connectivity index (χ1v) is 7.67. The van der Waals surface area contributed by atoms with Gasteiger partial charge in [-0.25, -0.2) is 4.79 Å². The smallest absolute Gasteiger partial charge is 0.407 e. The van der Waals surface area contributed by atoms with Gasteiger partial charge >= 0.3 is 6.09 Å². The van der Waals surface area contributed by atoms with Crippen LogP contribution >= 0.6 is 11.6 Å². The number of amides is 2. The van der Waals surface area contributed by atoms with Crippen LogP contribution in [0.15, 0.2) is 18.2 Å². The van der Waals surface area contributed by atoms with Crippen molar-refractivity contribution in [2.45, 2.75) is 19.9 Å². The van der Waals surface area contributed by atoms with Gasteiger partial charge in [-0.1, -0.05) is 11.6 Å². The minimum atomic E-state index is -0.906. The van der Waals surface area contributed by atoms with E-state index in [1.807, 2.05) is 13.8 Å². The fourth-order valence-corrected chi connectivity index (χ4v) is 2.68. The predicted molar refractivity (Wildman–Crippen MR) is 85.7 cm³/mol. The molecule has 0 bridgehead atoms. The van der Waals surface area contributed by atoms with Gasteiger partial charge < -0.3 is 20.2 Å². The van der Waals surface area contributed by atoms with E-state index < -0.39 is 6.09 Å². The van der Waals surface area contributed by atoms with Crippen molar-refractivity contribution >= 4 is 29.3 Å². The monoisotopic (exact) mass is 325 g/mol. The van der Waals surface area contributed by atoms with Crippen LogP contribution in [0.25, 0.3) is 0 Å². The molecule has 120 valence electrons. The number of carboxylic acid groups (broad SMARTS) is 1. The Bertz CT molecular complexity index is 569. The summed E-state index contributed by atoms with van der Waals surface area (Å²) < 4.78 is 0. The van der Waals surface area contributed by atoms with Crippen LogP contribution in [0.4, 0.5) is 10.5 Å². The summed E-state index contributed by atoms with van der Waals surface area (Å²) in [4.78, 5) is 26.0. The highest BCUT2D eigenvalue weighted by Crippen LogP contribution is 2.24. The van der Waals surface area contributed by atoms with Crippen molar-refractivity contribution in [2.24, 2.45) is 0 Å². The van der Waals surface area contributed by atoms with E-state index in [9.17, 15) is 9.59 Å². The zero-order valence-corrected chi connectivity index (χ0v) is 13.4. The maximum absolute atomic E-state index is 12.3. The van der Waals surface area contributed by atoms with E-state index in [-0.39, 0.29) is 11.9 Å². The molecular formula is C15H20ClN3O3. The molecule has 2 rings (SSSR count). The highest BCUT2D eigenvalue weighted by Gasteiger charge is 2.30. The van der Waals surface area contributed by atoms with Crippen molar-refractivity contribution in [3.8, 4) is 0 Å². The van der Waals surface area contributed by atoms with E-state index in [2.05, 4.69) is 5.32 Å². The molecule has 1 saturated heterocycles. The fourth-order valence-electron chi connectivity index (χ4n) is 2.42. The molecular weight excluding hydrogens is 306 g/mol. The van der Waals surface area contributed by atoms with Crippen LogP contribution in [0.1, 0.15) is 24.2 Å². The van der Waals surface area contributed by atoms with E-state index in [4.69, 9.17) is 16.7 Å². The zero-order chi connectivity index (χ0) is 16.3. The van der Waals surface area contributed by atoms with Gasteiger partial charge in [0.1, 0.15) is 0 Å². The van der Waals surface area contributed by atoms with Gasteiger partial charge in [-0.15, -0.1) is 0 Å². The number of nitrogens with one attached hydrogen (secondary N) is 1. The first kappa shape index (κ1) is 16.4. The van der Waals surface area contributed by atoms with Crippen molar-refractivity contribution < 1.29 is 14.7 Å². The average Bonchev–Trinajstić information content (AvgIpc) is 2.43. The average molecular weight is 326 g/mol. The van der Waals surface area contributed by atoms with Crippen molar-refractivity contribution in [2.75, 3.05) is 31.5 Å². The summed E-state index contributed by atoms with van der Waals surface area (Å²) in [5, 5.41) is 12.4. The normalized spacial score (nSPS) is 14.4. The Hall–Kier alpha value is -1.95. The Labute approximate surface area is 134 Å². The van der Waals surface area contributed by atoms with Gasteiger partial charge in [0.2, 0.25) is 0 Å². The molecule has 1 heterocycles. The van der Waals surface area contributed by atoms with Crippen LogP contribution in [-0.4, -0.2) is 59.1 Å². The third-order valence-electron chi connectivity index (χ3n) is 3.77. The van der Waals surface area contributed by atoms with E-state index >= 15 is 0 Å². The largest absolute Gasteiger partial charge is 0.465 e. The molecule has 1 aromatic carbocycles. The molecule has 0 spiro atoms. The lowest BCUT2D eigenvalue weighted by Gasteiger charge is -2.38. The number of likely N-dealkylation sites (tertiary alicyclic amines) is 1. The zero-order valence-electron chi connectivity index (χ0n) is 12.7. The van der Waals surface area contributed by atoms with Gasteiger partial charge in [-0.2, -0.15) is 0 Å². The highest BCUT2D eigenvalue weighted by atomic mass is 35.5. The lowest BCUT2D eigenvalue weighted by molar-refractivity contribution is 0.0773. The Morgan fingerprint density at radius 3 is 2.50 bits per heavy atom. The van der Waals surface area contributed by atoms with Crippen LogP contribution in [0.3, 0.4) is 0 Å². The number of benzene rings is 1. The molecule has 0 aromatic heterocycles. The molecule has 2 amide bonds. The molecule has 22 heavy (non-hydrogen) atoms. The second kappa shape index (κ2) is 6.87. The Kier molecular flexibility index (Phi) is 5.13. The Morgan fingerprint density at radius 2 is 2.00 bits per heavy atom. The number of anilines is 1. The summed E-state index contributed by atoms with van der Waals surface area (Å²) >= 11 is 6.21. The van der Waals surface area contributed by atoms with Crippen LogP contribution in [0.5, 0.6) is 0 Å². The highest BCUT2D eigenvalue weighted by molar-refractivity contribution is 6.34. The summed E-state index contributed by atoms with van der Waals surface area (Å²) in [6.45, 7) is 6.03. The second-order valence-electron chi connectivity index (χ2n) is 5.20. The second-order valence-corrected chi connectivity index (χ2v) is 5.61. The summed E-state index contributed by atoms with van der Waals surface area (Å²) in [6, 6.07) is 5.30.